The van der Waals surface area contributed by atoms with Crippen molar-refractivity contribution in [2.45, 2.75) is 84.2 Å². The molecule has 0 heterocycles. The first-order chi connectivity index (χ1) is 9.72. The maximum absolute atomic E-state index is 11.2. The Hall–Kier alpha value is -0.610. The lowest BCUT2D eigenvalue weighted by atomic mass is 10.1. The number of methoxy groups -OCH3 is 1. The molecular formula is C16H32O4. The molecule has 0 saturated heterocycles. The zero-order chi connectivity index (χ0) is 15.1. The minimum Gasteiger partial charge on any atom is -0.370 e. The van der Waals surface area contributed by atoms with Gasteiger partial charge in [0.25, 0.3) is 0 Å². The van der Waals surface area contributed by atoms with Gasteiger partial charge in [0.1, 0.15) is 0 Å². The Labute approximate surface area is 124 Å². The van der Waals surface area contributed by atoms with Gasteiger partial charge in [-0.15, -0.1) is 0 Å². The van der Waals surface area contributed by atoms with E-state index in [9.17, 15) is 4.79 Å². The summed E-state index contributed by atoms with van der Waals surface area (Å²) in [7, 11) is 1.47. The number of hydrogen-bond donors (Lipinski definition) is 0. The number of carbonyl (C=O) groups is 1. The third kappa shape index (κ3) is 12.4. The highest BCUT2D eigenvalue weighted by Crippen LogP contribution is 2.10. The minimum atomic E-state index is -0.567. The van der Waals surface area contributed by atoms with Crippen LogP contribution in [0.4, 0.5) is 0 Å². The van der Waals surface area contributed by atoms with Crippen LogP contribution in [-0.4, -0.2) is 25.8 Å². The molecule has 0 aromatic carbocycles. The van der Waals surface area contributed by atoms with E-state index >= 15 is 0 Å². The van der Waals surface area contributed by atoms with Crippen molar-refractivity contribution in [1.82, 2.24) is 0 Å². The maximum Gasteiger partial charge on any atom is 0.370 e. The molecule has 1 atom stereocenters. The quantitative estimate of drug-likeness (QED) is 0.270. The monoisotopic (exact) mass is 288 g/mol. The summed E-state index contributed by atoms with van der Waals surface area (Å²) in [6.07, 6.45) is 12.2. The molecule has 0 saturated carbocycles. The van der Waals surface area contributed by atoms with Crippen LogP contribution in [0, 0.1) is 0 Å². The Bertz CT molecular complexity index is 219. The first-order valence-corrected chi connectivity index (χ1v) is 8.08. The first-order valence-electron chi connectivity index (χ1n) is 8.08. The summed E-state index contributed by atoms with van der Waals surface area (Å²) in [4.78, 5) is 20.7. The Morgan fingerprint density at radius 3 is 1.90 bits per heavy atom. The average Bonchev–Trinajstić information content (AvgIpc) is 2.47. The van der Waals surface area contributed by atoms with Gasteiger partial charge in [0.05, 0.1) is 6.61 Å². The van der Waals surface area contributed by atoms with Crippen molar-refractivity contribution in [2.24, 2.45) is 0 Å². The van der Waals surface area contributed by atoms with Gasteiger partial charge in [-0.2, -0.15) is 4.89 Å². The average molecular weight is 288 g/mol. The van der Waals surface area contributed by atoms with Gasteiger partial charge in [-0.25, -0.2) is 4.79 Å². The highest BCUT2D eigenvalue weighted by atomic mass is 17.2. The number of rotatable bonds is 14. The fourth-order valence-electron chi connectivity index (χ4n) is 1.91. The van der Waals surface area contributed by atoms with Crippen molar-refractivity contribution in [3.05, 3.63) is 0 Å². The van der Waals surface area contributed by atoms with Crippen LogP contribution in [0.15, 0.2) is 0 Å². The van der Waals surface area contributed by atoms with Crippen molar-refractivity contribution in [3.8, 4) is 0 Å². The highest BCUT2D eigenvalue weighted by Gasteiger charge is 2.13. The van der Waals surface area contributed by atoms with Gasteiger partial charge in [0, 0.05) is 7.11 Å². The van der Waals surface area contributed by atoms with Gasteiger partial charge in [0.2, 0.25) is 0 Å². The van der Waals surface area contributed by atoms with E-state index in [1.807, 2.05) is 0 Å². The molecular weight excluding hydrogens is 256 g/mol. The normalized spacial score (nSPS) is 12.3. The van der Waals surface area contributed by atoms with E-state index in [0.717, 1.165) is 12.8 Å². The topological polar surface area (TPSA) is 44.8 Å². The molecule has 4 nitrogen and oxygen atoms in total. The highest BCUT2D eigenvalue weighted by molar-refractivity contribution is 5.73. The summed E-state index contributed by atoms with van der Waals surface area (Å²) in [6, 6.07) is 0. The second-order valence-corrected chi connectivity index (χ2v) is 5.28. The molecule has 0 rings (SSSR count). The molecule has 0 spiro atoms. The van der Waals surface area contributed by atoms with Crippen LogP contribution in [0.25, 0.3) is 0 Å². The van der Waals surface area contributed by atoms with Crippen LogP contribution >= 0.6 is 0 Å². The molecule has 0 radical (unpaired) electrons. The third-order valence-corrected chi connectivity index (χ3v) is 3.41. The molecule has 0 aromatic rings. The SMILES string of the molecule is CCCCCCCCCCCCOOC(=O)C(C)OC. The van der Waals surface area contributed by atoms with E-state index in [-0.39, 0.29) is 0 Å². The Morgan fingerprint density at radius 2 is 1.40 bits per heavy atom. The molecule has 0 fully saturated rings. The van der Waals surface area contributed by atoms with Crippen LogP contribution in [0.3, 0.4) is 0 Å². The van der Waals surface area contributed by atoms with Crippen LogP contribution in [-0.2, 0) is 19.3 Å². The molecule has 0 aliphatic rings. The van der Waals surface area contributed by atoms with E-state index in [2.05, 4.69) is 11.8 Å². The van der Waals surface area contributed by atoms with Crippen molar-refractivity contribution >= 4 is 5.97 Å². The molecule has 0 amide bonds. The molecule has 1 unspecified atom stereocenters. The molecule has 4 heteroatoms. The summed E-state index contributed by atoms with van der Waals surface area (Å²) >= 11 is 0. The lowest BCUT2D eigenvalue weighted by Gasteiger charge is -2.08. The Morgan fingerprint density at radius 1 is 0.900 bits per heavy atom. The molecule has 0 bridgehead atoms. The lowest BCUT2D eigenvalue weighted by Crippen LogP contribution is -2.22. The largest absolute Gasteiger partial charge is 0.370 e. The smallest absolute Gasteiger partial charge is 0.370 e. The van der Waals surface area contributed by atoms with Crippen LogP contribution < -0.4 is 0 Å². The molecule has 0 aliphatic carbocycles. The maximum atomic E-state index is 11.2. The zero-order valence-corrected chi connectivity index (χ0v) is 13.5. The minimum absolute atomic E-state index is 0.471. The summed E-state index contributed by atoms with van der Waals surface area (Å²) in [5.41, 5.74) is 0. The number of hydrogen-bond acceptors (Lipinski definition) is 4. The summed E-state index contributed by atoms with van der Waals surface area (Å²) in [5, 5.41) is 0. The molecule has 0 aliphatic heterocycles. The lowest BCUT2D eigenvalue weighted by molar-refractivity contribution is -0.279. The van der Waals surface area contributed by atoms with Crippen molar-refractivity contribution in [2.75, 3.05) is 13.7 Å². The van der Waals surface area contributed by atoms with Crippen molar-refractivity contribution in [1.29, 1.82) is 0 Å². The van der Waals surface area contributed by atoms with Crippen molar-refractivity contribution < 1.29 is 19.3 Å². The van der Waals surface area contributed by atoms with Gasteiger partial charge in [-0.3, -0.25) is 4.89 Å². The summed E-state index contributed by atoms with van der Waals surface area (Å²) in [6.45, 7) is 4.35. The summed E-state index contributed by atoms with van der Waals surface area (Å²) in [5.74, 6) is -0.473. The second kappa shape index (κ2) is 14.8. The molecule has 120 valence electrons. The molecule has 20 heavy (non-hydrogen) atoms. The number of ether oxygens (including phenoxy) is 1. The standard InChI is InChI=1S/C16H32O4/c1-4-5-6-7-8-9-10-11-12-13-14-19-20-16(17)15(2)18-3/h15H,4-14H2,1-3H3. The number of carbonyl (C=O) groups excluding carboxylic acids is 1. The Kier molecular flexibility index (Phi) is 14.3. The summed E-state index contributed by atoms with van der Waals surface area (Å²) < 4.78 is 4.81. The van der Waals surface area contributed by atoms with Gasteiger partial charge in [0.15, 0.2) is 6.10 Å². The third-order valence-electron chi connectivity index (χ3n) is 3.41. The van der Waals surface area contributed by atoms with E-state index in [4.69, 9.17) is 9.62 Å². The fraction of sp³-hybridized carbons (Fsp3) is 0.938. The van der Waals surface area contributed by atoms with Gasteiger partial charge in [-0.1, -0.05) is 64.7 Å². The van der Waals surface area contributed by atoms with Crippen LogP contribution in [0.5, 0.6) is 0 Å². The van der Waals surface area contributed by atoms with Crippen LogP contribution in [0.1, 0.15) is 78.1 Å². The molecule has 0 aromatic heterocycles. The van der Waals surface area contributed by atoms with E-state index in [1.54, 1.807) is 6.92 Å². The van der Waals surface area contributed by atoms with Crippen molar-refractivity contribution in [3.63, 3.8) is 0 Å². The number of unbranched alkanes of at least 4 members (excludes halogenated alkanes) is 9. The first kappa shape index (κ1) is 19.4. The predicted molar refractivity (Wildman–Crippen MR) is 80.4 cm³/mol. The zero-order valence-electron chi connectivity index (χ0n) is 13.5. The predicted octanol–water partition coefficient (Wildman–Crippen LogP) is 4.42. The van der Waals surface area contributed by atoms with E-state index in [0.29, 0.717) is 6.61 Å². The van der Waals surface area contributed by atoms with Gasteiger partial charge in [-0.05, 0) is 13.3 Å². The fourth-order valence-corrected chi connectivity index (χ4v) is 1.91. The van der Waals surface area contributed by atoms with E-state index in [1.165, 1.54) is 58.5 Å². The molecule has 0 N–H and O–H groups in total. The second-order valence-electron chi connectivity index (χ2n) is 5.28. The van der Waals surface area contributed by atoms with Gasteiger partial charge < -0.3 is 4.74 Å². The Balaban J connectivity index is 3.11. The van der Waals surface area contributed by atoms with Gasteiger partial charge >= 0.3 is 5.97 Å². The van der Waals surface area contributed by atoms with Crippen LogP contribution in [0.2, 0.25) is 0 Å². The van der Waals surface area contributed by atoms with E-state index < -0.39 is 12.1 Å².